The van der Waals surface area contributed by atoms with Gasteiger partial charge in [-0.25, -0.2) is 0 Å². The average Bonchev–Trinajstić information content (AvgIpc) is 0.733. The third kappa shape index (κ3) is 51.3. The smallest absolute Gasteiger partial charge is 0.0736 e. The lowest BCUT2D eigenvalue weighted by atomic mass is 10.1. The van der Waals surface area contributed by atoms with Crippen molar-refractivity contribution < 1.29 is 25.3 Å². The van der Waals surface area contributed by atoms with Crippen LogP contribution >= 0.6 is 0 Å². The third-order valence-electron chi connectivity index (χ3n) is 20.2. The molecule has 0 radical (unpaired) electrons. The monoisotopic (exact) mass is 1460 g/mol. The standard InChI is InChI=1S/C84H162O6S6/c1-7-13-19-25-31-37-43-49-55-61-67-73-91(85)79-80(92(86)74-68-62-56-50-44-38-32-26-20-14-8-2)82(94(88)76-70-64-58-52-46-40-34-28-22-16-10-4)84(96(90)78-72-66-60-54-48-42-36-30-24-18-12-6)83(95(89)77-71-65-59-53-47-41-35-29-23-17-11-5)81(79)93(87)75-69-63-57-51-45-39-33-27-21-15-9-3/h7-78H2,1-6H3. The van der Waals surface area contributed by atoms with Gasteiger partial charge in [0.2, 0.25) is 0 Å². The Bertz CT molecular complexity index is 1660. The molecule has 1 aromatic carbocycles. The van der Waals surface area contributed by atoms with Gasteiger partial charge in [-0.05, 0) is 38.5 Å². The van der Waals surface area contributed by atoms with Gasteiger partial charge >= 0.3 is 0 Å². The van der Waals surface area contributed by atoms with Crippen molar-refractivity contribution in [1.29, 1.82) is 0 Å². The van der Waals surface area contributed by atoms with E-state index in [1.807, 2.05) is 0 Å². The summed E-state index contributed by atoms with van der Waals surface area (Å²) in [5.74, 6) is 1.91. The molecule has 0 fully saturated rings. The fourth-order valence-corrected chi connectivity index (χ4v) is 25.3. The topological polar surface area (TPSA) is 102 Å². The van der Waals surface area contributed by atoms with Crippen LogP contribution in [0.5, 0.6) is 0 Å². The van der Waals surface area contributed by atoms with Crippen LogP contribution in [0.1, 0.15) is 465 Å². The Balaban J connectivity index is 4.16. The zero-order valence-electron chi connectivity index (χ0n) is 64.8. The van der Waals surface area contributed by atoms with Gasteiger partial charge in [0.1, 0.15) is 0 Å². The van der Waals surface area contributed by atoms with Crippen LogP contribution in [0.25, 0.3) is 0 Å². The molecule has 0 bridgehead atoms. The predicted molar refractivity (Wildman–Crippen MR) is 433 cm³/mol. The van der Waals surface area contributed by atoms with Crippen molar-refractivity contribution in [3.8, 4) is 0 Å². The Hall–Kier alpha value is 0.120. The van der Waals surface area contributed by atoms with Crippen LogP contribution in [0.3, 0.4) is 0 Å². The molecule has 0 aliphatic rings. The molecule has 0 saturated carbocycles. The van der Waals surface area contributed by atoms with Crippen LogP contribution in [0.4, 0.5) is 0 Å². The van der Waals surface area contributed by atoms with Crippen molar-refractivity contribution in [2.45, 2.75) is 495 Å². The van der Waals surface area contributed by atoms with Gasteiger partial charge in [-0.15, -0.1) is 0 Å². The zero-order valence-corrected chi connectivity index (χ0v) is 69.7. The van der Waals surface area contributed by atoms with Gasteiger partial charge in [0.25, 0.3) is 0 Å². The SMILES string of the molecule is CCCCCCCCCCCCCS(=O)c1c(S(=O)CCCCCCCCCCCCC)c(S(=O)CCCCCCCCCCCCC)c(S(=O)CCCCCCCCCCCCC)c(S(=O)CCCCCCCCCCCCC)c1S(=O)CCCCCCCCCCCCC. The lowest BCUT2D eigenvalue weighted by Gasteiger charge is -2.25. The first-order valence-electron chi connectivity index (χ1n) is 42.7. The molecular weight excluding hydrogens is 1300 g/mol. The number of hydrogen-bond donors (Lipinski definition) is 0. The Labute approximate surface area is 614 Å². The molecule has 0 heterocycles. The van der Waals surface area contributed by atoms with Crippen molar-refractivity contribution in [3.63, 3.8) is 0 Å². The molecule has 1 rings (SSSR count). The summed E-state index contributed by atoms with van der Waals surface area (Å²) in [6.07, 6.45) is 76.7. The maximum atomic E-state index is 16.0. The molecule has 0 aliphatic carbocycles. The quantitative estimate of drug-likeness (QED) is 0.0602. The Kier molecular flexibility index (Phi) is 70.7. The van der Waals surface area contributed by atoms with Crippen LogP contribution in [-0.4, -0.2) is 59.8 Å². The van der Waals surface area contributed by atoms with E-state index in [4.69, 9.17) is 0 Å². The highest BCUT2D eigenvalue weighted by molar-refractivity contribution is 7.93. The fourth-order valence-electron chi connectivity index (χ4n) is 13.9. The van der Waals surface area contributed by atoms with Gasteiger partial charge in [0.05, 0.1) is 94.2 Å². The van der Waals surface area contributed by atoms with Crippen molar-refractivity contribution in [2.75, 3.05) is 34.5 Å². The van der Waals surface area contributed by atoms with Gasteiger partial charge in [-0.2, -0.15) is 0 Å². The minimum atomic E-state index is -1.77. The summed E-state index contributed by atoms with van der Waals surface area (Å²) in [7, 11) is -10.6. The summed E-state index contributed by atoms with van der Waals surface area (Å²) in [6.45, 7) is 13.6. The van der Waals surface area contributed by atoms with Gasteiger partial charge in [0.15, 0.2) is 0 Å². The summed E-state index contributed by atoms with van der Waals surface area (Å²) >= 11 is 0. The van der Waals surface area contributed by atoms with Gasteiger partial charge in [-0.3, -0.25) is 25.3 Å². The molecule has 570 valence electrons. The van der Waals surface area contributed by atoms with Crippen LogP contribution in [-0.2, 0) is 64.8 Å². The van der Waals surface area contributed by atoms with Crippen LogP contribution in [0, 0.1) is 0 Å². The predicted octanol–water partition coefficient (Wildman–Crippen LogP) is 28.2. The maximum Gasteiger partial charge on any atom is 0.0736 e. The second-order valence-corrected chi connectivity index (χ2v) is 38.5. The summed E-state index contributed by atoms with van der Waals surface area (Å²) in [4.78, 5) is 1.86. The molecule has 6 nitrogen and oxygen atoms in total. The fraction of sp³-hybridized carbons (Fsp3) is 0.929. The van der Waals surface area contributed by atoms with E-state index in [1.54, 1.807) is 0 Å². The molecule has 0 aliphatic heterocycles. The highest BCUT2D eigenvalue weighted by Gasteiger charge is 2.38. The first-order chi connectivity index (χ1) is 47.2. The number of hydrogen-bond acceptors (Lipinski definition) is 6. The Morgan fingerprint density at radius 1 is 0.125 bits per heavy atom. The van der Waals surface area contributed by atoms with E-state index in [0.29, 0.717) is 102 Å². The zero-order chi connectivity index (χ0) is 69.8. The van der Waals surface area contributed by atoms with Gasteiger partial charge < -0.3 is 0 Å². The highest BCUT2D eigenvalue weighted by Crippen LogP contribution is 2.43. The van der Waals surface area contributed by atoms with Crippen molar-refractivity contribution >= 4 is 64.8 Å². The Morgan fingerprint density at radius 2 is 0.198 bits per heavy atom. The number of rotatable bonds is 78. The maximum absolute atomic E-state index is 16.0. The van der Waals surface area contributed by atoms with E-state index in [2.05, 4.69) is 41.5 Å². The molecule has 96 heavy (non-hydrogen) atoms. The first-order valence-corrected chi connectivity index (χ1v) is 50.6. The largest absolute Gasteiger partial charge is 0.254 e. The normalized spacial score (nSPS) is 13.8. The molecular formula is C84H162O6S6. The van der Waals surface area contributed by atoms with Crippen molar-refractivity contribution in [1.82, 2.24) is 0 Å². The van der Waals surface area contributed by atoms with Crippen LogP contribution < -0.4 is 0 Å². The lowest BCUT2D eigenvalue weighted by Crippen LogP contribution is -2.22. The average molecular weight is 1460 g/mol. The van der Waals surface area contributed by atoms with Crippen LogP contribution in [0.2, 0.25) is 0 Å². The molecule has 12 heteroatoms. The summed E-state index contributed by atoms with van der Waals surface area (Å²) in [5, 5.41) is 0. The summed E-state index contributed by atoms with van der Waals surface area (Å²) < 4.78 is 95.9. The first kappa shape index (κ1) is 94.1. The van der Waals surface area contributed by atoms with E-state index in [-0.39, 0.29) is 0 Å². The third-order valence-corrected chi connectivity index (χ3v) is 30.1. The molecule has 0 saturated heterocycles. The molecule has 0 aromatic heterocycles. The minimum Gasteiger partial charge on any atom is -0.254 e. The van der Waals surface area contributed by atoms with Crippen molar-refractivity contribution in [3.05, 3.63) is 0 Å². The summed E-state index contributed by atoms with van der Waals surface area (Å²) in [6, 6.07) is 0. The summed E-state index contributed by atoms with van der Waals surface area (Å²) in [5.41, 5.74) is 0. The molecule has 6 unspecified atom stereocenters. The van der Waals surface area contributed by atoms with E-state index < -0.39 is 64.8 Å². The number of benzene rings is 1. The molecule has 0 N–H and O–H groups in total. The van der Waals surface area contributed by atoms with Gasteiger partial charge in [0, 0.05) is 34.5 Å². The molecule has 6 atom stereocenters. The van der Waals surface area contributed by atoms with Crippen molar-refractivity contribution in [2.24, 2.45) is 0 Å². The second-order valence-electron chi connectivity index (χ2n) is 29.5. The van der Waals surface area contributed by atoms with E-state index in [9.17, 15) is 0 Å². The molecule has 0 spiro atoms. The van der Waals surface area contributed by atoms with E-state index in [1.165, 1.54) is 270 Å². The number of unbranched alkanes of at least 4 members (excludes halogenated alkanes) is 60. The minimum absolute atomic E-state index is 0.310. The lowest BCUT2D eigenvalue weighted by molar-refractivity contribution is 0.553. The second kappa shape index (κ2) is 72.1. The Morgan fingerprint density at radius 3 is 0.281 bits per heavy atom. The molecule has 1 aromatic rings. The molecule has 0 amide bonds. The van der Waals surface area contributed by atoms with Crippen LogP contribution in [0.15, 0.2) is 29.4 Å². The van der Waals surface area contributed by atoms with E-state index >= 15 is 25.3 Å². The van der Waals surface area contributed by atoms with E-state index in [0.717, 1.165) is 116 Å². The van der Waals surface area contributed by atoms with Gasteiger partial charge in [-0.1, -0.05) is 427 Å². The highest BCUT2D eigenvalue weighted by atomic mass is 32.2.